The SMILES string of the molecule is C=CC(O)[CH]C1CCCO1. The predicted molar refractivity (Wildman–Crippen MR) is 39.5 cm³/mol. The first-order valence-electron chi connectivity index (χ1n) is 3.60. The Morgan fingerprint density at radius 1 is 1.70 bits per heavy atom. The summed E-state index contributed by atoms with van der Waals surface area (Å²) in [5.41, 5.74) is 0. The second-order valence-electron chi connectivity index (χ2n) is 2.47. The Morgan fingerprint density at radius 2 is 2.50 bits per heavy atom. The molecule has 1 aliphatic rings. The standard InChI is InChI=1S/C8H13O2/c1-2-7(9)6-8-4-3-5-10-8/h2,6-9H,1,3-5H2. The van der Waals surface area contributed by atoms with Gasteiger partial charge in [0.2, 0.25) is 0 Å². The minimum absolute atomic E-state index is 0.146. The zero-order chi connectivity index (χ0) is 7.40. The van der Waals surface area contributed by atoms with Crippen molar-refractivity contribution in [3.63, 3.8) is 0 Å². The van der Waals surface area contributed by atoms with Crippen LogP contribution in [0.2, 0.25) is 0 Å². The Morgan fingerprint density at radius 3 is 3.00 bits per heavy atom. The average Bonchev–Trinajstić information content (AvgIpc) is 2.40. The smallest absolute Gasteiger partial charge is 0.0776 e. The van der Waals surface area contributed by atoms with Crippen LogP contribution in [0.4, 0.5) is 0 Å². The van der Waals surface area contributed by atoms with Crippen molar-refractivity contribution in [3.8, 4) is 0 Å². The van der Waals surface area contributed by atoms with Crippen LogP contribution in [-0.2, 0) is 4.74 Å². The molecule has 0 saturated carbocycles. The number of aliphatic hydroxyl groups is 1. The third-order valence-electron chi connectivity index (χ3n) is 1.62. The van der Waals surface area contributed by atoms with E-state index < -0.39 is 6.10 Å². The Balaban J connectivity index is 2.17. The van der Waals surface area contributed by atoms with Gasteiger partial charge in [-0.25, -0.2) is 0 Å². The maximum atomic E-state index is 9.06. The zero-order valence-electron chi connectivity index (χ0n) is 5.99. The van der Waals surface area contributed by atoms with Crippen LogP contribution in [-0.4, -0.2) is 23.9 Å². The van der Waals surface area contributed by atoms with E-state index in [1.807, 2.05) is 0 Å². The quantitative estimate of drug-likeness (QED) is 0.592. The molecule has 0 amide bonds. The van der Waals surface area contributed by atoms with E-state index in [-0.39, 0.29) is 6.10 Å². The number of hydrogen-bond donors (Lipinski definition) is 1. The van der Waals surface area contributed by atoms with Crippen molar-refractivity contribution in [2.75, 3.05) is 6.61 Å². The molecule has 0 spiro atoms. The molecule has 1 heterocycles. The molecule has 0 aliphatic carbocycles. The highest BCUT2D eigenvalue weighted by atomic mass is 16.5. The fraction of sp³-hybridized carbons (Fsp3) is 0.625. The minimum atomic E-state index is -0.511. The molecule has 0 bridgehead atoms. The number of hydrogen-bond acceptors (Lipinski definition) is 2. The third kappa shape index (κ3) is 2.12. The molecule has 1 saturated heterocycles. The molecular formula is C8H13O2. The highest BCUT2D eigenvalue weighted by Gasteiger charge is 2.17. The van der Waals surface area contributed by atoms with Gasteiger partial charge in [-0.2, -0.15) is 0 Å². The lowest BCUT2D eigenvalue weighted by molar-refractivity contribution is 0.111. The molecule has 0 aromatic rings. The van der Waals surface area contributed by atoms with Gasteiger partial charge in [-0.1, -0.05) is 6.08 Å². The first kappa shape index (κ1) is 7.76. The van der Waals surface area contributed by atoms with Crippen LogP contribution in [0, 0.1) is 6.42 Å². The molecule has 2 nitrogen and oxygen atoms in total. The van der Waals surface area contributed by atoms with Crippen molar-refractivity contribution in [1.82, 2.24) is 0 Å². The second kappa shape index (κ2) is 3.74. The fourth-order valence-electron chi connectivity index (χ4n) is 1.05. The van der Waals surface area contributed by atoms with E-state index in [1.54, 1.807) is 6.42 Å². The summed E-state index contributed by atoms with van der Waals surface area (Å²) in [5, 5.41) is 9.06. The van der Waals surface area contributed by atoms with Crippen LogP contribution in [0.1, 0.15) is 12.8 Å². The first-order valence-corrected chi connectivity index (χ1v) is 3.60. The van der Waals surface area contributed by atoms with Crippen molar-refractivity contribution in [3.05, 3.63) is 19.1 Å². The lowest BCUT2D eigenvalue weighted by Gasteiger charge is -2.10. The molecule has 0 aromatic carbocycles. The van der Waals surface area contributed by atoms with E-state index in [2.05, 4.69) is 6.58 Å². The Kier molecular flexibility index (Phi) is 2.90. The molecule has 57 valence electrons. The summed E-state index contributed by atoms with van der Waals surface area (Å²) < 4.78 is 5.26. The van der Waals surface area contributed by atoms with Gasteiger partial charge in [-0.15, -0.1) is 6.58 Å². The molecule has 2 heteroatoms. The van der Waals surface area contributed by atoms with Gasteiger partial charge in [0.25, 0.3) is 0 Å². The highest BCUT2D eigenvalue weighted by molar-refractivity contribution is 4.95. The van der Waals surface area contributed by atoms with Gasteiger partial charge in [0, 0.05) is 13.0 Å². The number of ether oxygens (including phenoxy) is 1. The normalized spacial score (nSPS) is 28.3. The highest BCUT2D eigenvalue weighted by Crippen LogP contribution is 2.15. The van der Waals surface area contributed by atoms with Gasteiger partial charge in [0.05, 0.1) is 12.2 Å². The van der Waals surface area contributed by atoms with Crippen LogP contribution in [0.25, 0.3) is 0 Å². The molecular weight excluding hydrogens is 128 g/mol. The zero-order valence-corrected chi connectivity index (χ0v) is 5.99. The summed E-state index contributed by atoms with van der Waals surface area (Å²) in [6, 6.07) is 0. The molecule has 1 fully saturated rings. The van der Waals surface area contributed by atoms with Crippen molar-refractivity contribution < 1.29 is 9.84 Å². The van der Waals surface area contributed by atoms with E-state index >= 15 is 0 Å². The topological polar surface area (TPSA) is 29.5 Å². The van der Waals surface area contributed by atoms with Crippen molar-refractivity contribution in [2.24, 2.45) is 0 Å². The third-order valence-corrected chi connectivity index (χ3v) is 1.62. The first-order chi connectivity index (χ1) is 4.83. The number of aliphatic hydroxyl groups excluding tert-OH is 1. The molecule has 1 radical (unpaired) electrons. The summed E-state index contributed by atoms with van der Waals surface area (Å²) in [4.78, 5) is 0. The van der Waals surface area contributed by atoms with Gasteiger partial charge in [0.1, 0.15) is 0 Å². The predicted octanol–water partition coefficient (Wildman–Crippen LogP) is 0.917. The molecule has 10 heavy (non-hydrogen) atoms. The molecule has 2 atom stereocenters. The summed E-state index contributed by atoms with van der Waals surface area (Å²) in [7, 11) is 0. The van der Waals surface area contributed by atoms with E-state index in [1.165, 1.54) is 6.08 Å². The molecule has 1 aliphatic heterocycles. The van der Waals surface area contributed by atoms with Crippen LogP contribution >= 0.6 is 0 Å². The average molecular weight is 141 g/mol. The van der Waals surface area contributed by atoms with Gasteiger partial charge >= 0.3 is 0 Å². The molecule has 0 aromatic heterocycles. The van der Waals surface area contributed by atoms with Gasteiger partial charge in [-0.3, -0.25) is 0 Å². The van der Waals surface area contributed by atoms with Gasteiger partial charge in [-0.05, 0) is 12.8 Å². The Hall–Kier alpha value is -0.340. The largest absolute Gasteiger partial charge is 0.389 e. The summed E-state index contributed by atoms with van der Waals surface area (Å²) >= 11 is 0. The summed E-state index contributed by atoms with van der Waals surface area (Å²) in [6.07, 6.45) is 5.05. The Labute approximate surface area is 61.5 Å². The fourth-order valence-corrected chi connectivity index (χ4v) is 1.05. The van der Waals surface area contributed by atoms with Gasteiger partial charge in [0.15, 0.2) is 0 Å². The van der Waals surface area contributed by atoms with Crippen LogP contribution in [0.3, 0.4) is 0 Å². The maximum Gasteiger partial charge on any atom is 0.0776 e. The van der Waals surface area contributed by atoms with Crippen LogP contribution < -0.4 is 0 Å². The number of rotatable bonds is 3. The van der Waals surface area contributed by atoms with Gasteiger partial charge < -0.3 is 9.84 Å². The maximum absolute atomic E-state index is 9.06. The van der Waals surface area contributed by atoms with E-state index in [0.717, 1.165) is 19.4 Å². The van der Waals surface area contributed by atoms with E-state index in [4.69, 9.17) is 9.84 Å². The summed E-state index contributed by atoms with van der Waals surface area (Å²) in [5.74, 6) is 0. The minimum Gasteiger partial charge on any atom is -0.389 e. The van der Waals surface area contributed by atoms with E-state index in [0.29, 0.717) is 0 Å². The van der Waals surface area contributed by atoms with Crippen molar-refractivity contribution >= 4 is 0 Å². The molecule has 1 rings (SSSR count). The second-order valence-corrected chi connectivity index (χ2v) is 2.47. The van der Waals surface area contributed by atoms with Crippen molar-refractivity contribution in [2.45, 2.75) is 25.0 Å². The lowest BCUT2D eigenvalue weighted by atomic mass is 10.1. The van der Waals surface area contributed by atoms with E-state index in [9.17, 15) is 0 Å². The monoisotopic (exact) mass is 141 g/mol. The van der Waals surface area contributed by atoms with Crippen LogP contribution in [0.15, 0.2) is 12.7 Å². The van der Waals surface area contributed by atoms with Crippen LogP contribution in [0.5, 0.6) is 0 Å². The summed E-state index contributed by atoms with van der Waals surface area (Å²) in [6.45, 7) is 4.29. The molecule has 1 N–H and O–H groups in total. The Bertz CT molecular complexity index is 106. The van der Waals surface area contributed by atoms with Crippen molar-refractivity contribution in [1.29, 1.82) is 0 Å². The lowest BCUT2D eigenvalue weighted by Crippen LogP contribution is -2.15. The molecule has 2 unspecified atom stereocenters.